The Labute approximate surface area is 172 Å². The van der Waals surface area contributed by atoms with Gasteiger partial charge in [0, 0.05) is 20.3 Å². The quantitative estimate of drug-likeness (QED) is 0.610. The molecule has 30 heavy (non-hydrogen) atoms. The second-order valence-electron chi connectivity index (χ2n) is 6.99. The third-order valence-corrected chi connectivity index (χ3v) is 4.72. The van der Waals surface area contributed by atoms with E-state index in [1.54, 1.807) is 21.1 Å². The lowest BCUT2D eigenvalue weighted by Crippen LogP contribution is -2.52. The van der Waals surface area contributed by atoms with Gasteiger partial charge in [-0.25, -0.2) is 0 Å². The zero-order valence-electron chi connectivity index (χ0n) is 17.0. The van der Waals surface area contributed by atoms with Crippen molar-refractivity contribution in [2.45, 2.75) is 25.6 Å². The number of carbonyl (C=O) groups excluding carboxylic acids is 3. The van der Waals surface area contributed by atoms with Gasteiger partial charge in [-0.1, -0.05) is 0 Å². The maximum atomic E-state index is 13.0. The van der Waals surface area contributed by atoms with Crippen LogP contribution in [0.5, 0.6) is 0 Å². The molecule has 0 saturated carbocycles. The van der Waals surface area contributed by atoms with E-state index < -0.39 is 29.6 Å². The van der Waals surface area contributed by atoms with Gasteiger partial charge in [0.2, 0.25) is 17.7 Å². The lowest BCUT2D eigenvalue weighted by atomic mass is 10.1. The average molecular weight is 430 g/mol. The van der Waals surface area contributed by atoms with Gasteiger partial charge < -0.3 is 15.4 Å². The zero-order valence-corrected chi connectivity index (χ0v) is 17.0. The summed E-state index contributed by atoms with van der Waals surface area (Å²) in [6.07, 6.45) is -3.92. The van der Waals surface area contributed by atoms with Gasteiger partial charge in [-0.3, -0.25) is 24.2 Å². The van der Waals surface area contributed by atoms with Crippen molar-refractivity contribution in [2.24, 2.45) is 0 Å². The third kappa shape index (κ3) is 5.92. The number of rotatable bonds is 8. The molecule has 2 rings (SSSR count). The van der Waals surface area contributed by atoms with Crippen LogP contribution in [0.25, 0.3) is 0 Å². The van der Waals surface area contributed by atoms with Gasteiger partial charge in [-0.2, -0.15) is 13.2 Å². The Morgan fingerprint density at radius 1 is 1.37 bits per heavy atom. The van der Waals surface area contributed by atoms with Crippen LogP contribution in [0.4, 0.5) is 24.5 Å². The topological polar surface area (TPSA) is 91.0 Å². The number of halogens is 3. The number of fused-ring (bicyclic) bond motifs is 1. The Kier molecular flexibility index (Phi) is 7.79. The number of carbonyl (C=O) groups is 3. The SMILES string of the molecule is COCCCNC(=O)CN(C)C(C)C(=O)N1CC(=O)Nc2cc(C(F)(F)F)ccc21. The molecule has 166 valence electrons. The highest BCUT2D eigenvalue weighted by Gasteiger charge is 2.35. The molecule has 0 bridgehead atoms. The van der Waals surface area contributed by atoms with Gasteiger partial charge in [-0.05, 0) is 38.6 Å². The molecule has 0 saturated heterocycles. The highest BCUT2D eigenvalue weighted by molar-refractivity contribution is 6.11. The standard InChI is InChI=1S/C19H25F3N4O4/c1-12(25(2)10-16(27)23-7-4-8-30-3)18(29)26-11-17(28)24-14-9-13(19(20,21)22)5-6-15(14)26/h5-6,9,12H,4,7-8,10-11H2,1-3H3,(H,23,27)(H,24,28). The molecule has 1 atom stereocenters. The number of hydrogen-bond acceptors (Lipinski definition) is 5. The molecule has 0 radical (unpaired) electrons. The summed E-state index contributed by atoms with van der Waals surface area (Å²) in [6, 6.07) is 2.04. The fourth-order valence-corrected chi connectivity index (χ4v) is 2.94. The number of nitrogens with zero attached hydrogens (tertiary/aromatic N) is 2. The molecule has 0 aromatic heterocycles. The van der Waals surface area contributed by atoms with Crippen LogP contribution in [-0.4, -0.2) is 69.1 Å². The summed E-state index contributed by atoms with van der Waals surface area (Å²) in [6.45, 7) is 2.14. The van der Waals surface area contributed by atoms with E-state index in [1.165, 1.54) is 4.90 Å². The van der Waals surface area contributed by atoms with Crippen molar-refractivity contribution < 1.29 is 32.3 Å². The van der Waals surface area contributed by atoms with E-state index in [0.29, 0.717) is 19.6 Å². The van der Waals surface area contributed by atoms with Crippen LogP contribution in [0.1, 0.15) is 18.9 Å². The van der Waals surface area contributed by atoms with E-state index >= 15 is 0 Å². The number of anilines is 2. The van der Waals surface area contributed by atoms with Crippen molar-refractivity contribution in [2.75, 3.05) is 50.6 Å². The molecule has 11 heteroatoms. The molecule has 2 N–H and O–H groups in total. The van der Waals surface area contributed by atoms with Crippen LogP contribution in [0.3, 0.4) is 0 Å². The molecule has 1 aromatic rings. The minimum Gasteiger partial charge on any atom is -0.385 e. The van der Waals surface area contributed by atoms with Crippen molar-refractivity contribution in [3.8, 4) is 0 Å². The molecule has 1 unspecified atom stereocenters. The maximum absolute atomic E-state index is 13.0. The van der Waals surface area contributed by atoms with Gasteiger partial charge in [0.05, 0.1) is 29.5 Å². The first-order valence-corrected chi connectivity index (χ1v) is 9.33. The van der Waals surface area contributed by atoms with Crippen LogP contribution < -0.4 is 15.5 Å². The monoisotopic (exact) mass is 430 g/mol. The predicted molar refractivity (Wildman–Crippen MR) is 104 cm³/mol. The first-order valence-electron chi connectivity index (χ1n) is 9.33. The van der Waals surface area contributed by atoms with Gasteiger partial charge in [0.15, 0.2) is 0 Å². The van der Waals surface area contributed by atoms with E-state index in [0.717, 1.165) is 23.1 Å². The normalized spacial score (nSPS) is 14.9. The number of amides is 3. The zero-order chi connectivity index (χ0) is 22.5. The number of benzene rings is 1. The van der Waals surface area contributed by atoms with E-state index in [2.05, 4.69) is 10.6 Å². The fraction of sp³-hybridized carbons (Fsp3) is 0.526. The Morgan fingerprint density at radius 3 is 2.70 bits per heavy atom. The summed E-state index contributed by atoms with van der Waals surface area (Å²) < 4.78 is 43.8. The van der Waals surface area contributed by atoms with Crippen molar-refractivity contribution >= 4 is 29.1 Å². The second-order valence-corrected chi connectivity index (χ2v) is 6.99. The number of ether oxygens (including phenoxy) is 1. The van der Waals surface area contributed by atoms with E-state index in [1.807, 2.05) is 0 Å². The van der Waals surface area contributed by atoms with E-state index in [9.17, 15) is 27.6 Å². The third-order valence-electron chi connectivity index (χ3n) is 4.72. The molecular weight excluding hydrogens is 405 g/mol. The summed E-state index contributed by atoms with van der Waals surface area (Å²) in [5, 5.41) is 5.08. The number of likely N-dealkylation sites (N-methyl/N-ethyl adjacent to an activating group) is 1. The number of methoxy groups -OCH3 is 1. The molecule has 0 fully saturated rings. The minimum absolute atomic E-state index is 0.0558. The van der Waals surface area contributed by atoms with Gasteiger partial charge in [-0.15, -0.1) is 0 Å². The van der Waals surface area contributed by atoms with Crippen molar-refractivity contribution in [3.05, 3.63) is 23.8 Å². The molecular formula is C19H25F3N4O4. The fourth-order valence-electron chi connectivity index (χ4n) is 2.94. The van der Waals surface area contributed by atoms with Gasteiger partial charge in [0.25, 0.3) is 0 Å². The number of nitrogens with one attached hydrogen (secondary N) is 2. The first kappa shape index (κ1) is 23.6. The summed E-state index contributed by atoms with van der Waals surface area (Å²) in [5.41, 5.74) is -0.830. The molecule has 1 aromatic carbocycles. The summed E-state index contributed by atoms with van der Waals surface area (Å²) in [7, 11) is 3.14. The van der Waals surface area contributed by atoms with Crippen molar-refractivity contribution in [1.29, 1.82) is 0 Å². The minimum atomic E-state index is -4.57. The Bertz CT molecular complexity index is 800. The lowest BCUT2D eigenvalue weighted by molar-refractivity contribution is -0.137. The molecule has 1 aliphatic rings. The Morgan fingerprint density at radius 2 is 2.07 bits per heavy atom. The molecule has 1 aliphatic heterocycles. The molecule has 0 spiro atoms. The lowest BCUT2D eigenvalue weighted by Gasteiger charge is -2.34. The van der Waals surface area contributed by atoms with Gasteiger partial charge >= 0.3 is 6.18 Å². The second kappa shape index (κ2) is 9.90. The number of hydrogen-bond donors (Lipinski definition) is 2. The van der Waals surface area contributed by atoms with Crippen LogP contribution >= 0.6 is 0 Å². The Balaban J connectivity index is 2.09. The molecule has 0 aliphatic carbocycles. The first-order chi connectivity index (χ1) is 14.0. The van der Waals surface area contributed by atoms with Crippen molar-refractivity contribution in [3.63, 3.8) is 0 Å². The van der Waals surface area contributed by atoms with Crippen LogP contribution in [0.2, 0.25) is 0 Å². The van der Waals surface area contributed by atoms with E-state index in [-0.39, 0.29) is 30.4 Å². The highest BCUT2D eigenvalue weighted by atomic mass is 19.4. The molecule has 3 amide bonds. The highest BCUT2D eigenvalue weighted by Crippen LogP contribution is 2.37. The maximum Gasteiger partial charge on any atom is 0.416 e. The Hall–Kier alpha value is -2.66. The van der Waals surface area contributed by atoms with Crippen LogP contribution in [-0.2, 0) is 25.3 Å². The number of alkyl halides is 3. The predicted octanol–water partition coefficient (Wildman–Crippen LogP) is 1.46. The average Bonchev–Trinajstić information content (AvgIpc) is 2.68. The smallest absolute Gasteiger partial charge is 0.385 e. The van der Waals surface area contributed by atoms with Crippen molar-refractivity contribution in [1.82, 2.24) is 10.2 Å². The summed E-state index contributed by atoms with van der Waals surface area (Å²) in [5.74, 6) is -1.37. The van der Waals surface area contributed by atoms with Gasteiger partial charge in [0.1, 0.15) is 6.54 Å². The largest absolute Gasteiger partial charge is 0.416 e. The van der Waals surface area contributed by atoms with Crippen LogP contribution in [0, 0.1) is 0 Å². The summed E-state index contributed by atoms with van der Waals surface area (Å²) >= 11 is 0. The summed E-state index contributed by atoms with van der Waals surface area (Å²) in [4.78, 5) is 39.6. The van der Waals surface area contributed by atoms with Crippen LogP contribution in [0.15, 0.2) is 18.2 Å². The van der Waals surface area contributed by atoms with E-state index in [4.69, 9.17) is 4.74 Å². The molecule has 8 nitrogen and oxygen atoms in total. The molecule has 1 heterocycles.